The minimum Gasteiger partial charge on any atom is -0.305 e. The van der Waals surface area contributed by atoms with Crippen LogP contribution in [0.5, 0.6) is 0 Å². The summed E-state index contributed by atoms with van der Waals surface area (Å²) in [5.74, 6) is 1.21. The third-order valence-electron chi connectivity index (χ3n) is 11.9. The molecule has 0 aliphatic heterocycles. The summed E-state index contributed by atoms with van der Waals surface area (Å²) in [6.07, 6.45) is 10.8. The third-order valence-corrected chi connectivity index (χ3v) is 15.1. The van der Waals surface area contributed by atoms with E-state index in [0.29, 0.717) is 11.8 Å². The first kappa shape index (κ1) is 44.8. The van der Waals surface area contributed by atoms with Crippen LogP contribution in [0.1, 0.15) is 122 Å². The van der Waals surface area contributed by atoms with E-state index < -0.39 is 8.07 Å². The van der Waals surface area contributed by atoms with Crippen molar-refractivity contribution in [3.8, 4) is 33.6 Å². The van der Waals surface area contributed by atoms with Crippen molar-refractivity contribution in [2.45, 2.75) is 130 Å². The van der Waals surface area contributed by atoms with E-state index in [9.17, 15) is 0 Å². The molecule has 3 aromatic heterocycles. The van der Waals surface area contributed by atoms with Crippen molar-refractivity contribution >= 4 is 44.8 Å². The molecule has 0 amide bonds. The number of nitrogens with zero attached hydrogens (tertiary/aromatic N) is 2. The first-order valence-corrected chi connectivity index (χ1v) is 25.8. The van der Waals surface area contributed by atoms with Crippen molar-refractivity contribution in [2.24, 2.45) is 0 Å². The van der Waals surface area contributed by atoms with Crippen molar-refractivity contribution in [2.75, 3.05) is 0 Å². The Hall–Kier alpha value is -3.73. The van der Waals surface area contributed by atoms with Gasteiger partial charge in [0.05, 0.1) is 8.07 Å². The average Bonchev–Trinajstić information content (AvgIpc) is 3.59. The second kappa shape index (κ2) is 18.1. The standard InChI is InChI=1S/C37H40NS.C17H22NSi.Ir/c1-36(2,3)28-19-27(20-29(23-28)37(4,5)6)25-15-16-30-31-13-10-14-32(35(31)39-34(30)22-25)33-21-26(17-18-38-33)24-11-8-7-9-12-24;1-13(2)15-11-16(14-9-7-6-8-10-14)18-12-17(15)19(3,4)5;/h10,13,15-24H,7-9,11-12H2,1-6H3;6-9,11-13H,1-5H3;/q2*-1;. The Morgan fingerprint density at radius 1 is 0.695 bits per heavy atom. The van der Waals surface area contributed by atoms with Crippen molar-refractivity contribution in [1.82, 2.24) is 9.97 Å². The van der Waals surface area contributed by atoms with Crippen molar-refractivity contribution in [1.29, 1.82) is 0 Å². The molecule has 1 aliphatic rings. The molecule has 3 heterocycles. The second-order valence-electron chi connectivity index (χ2n) is 19.9. The maximum Gasteiger partial charge on any atom is 0.0799 e. The molecular weight excluding hydrogens is 929 g/mol. The Morgan fingerprint density at radius 2 is 1.41 bits per heavy atom. The van der Waals surface area contributed by atoms with E-state index >= 15 is 0 Å². The van der Waals surface area contributed by atoms with Gasteiger partial charge in [-0.1, -0.05) is 153 Å². The summed E-state index contributed by atoms with van der Waals surface area (Å²) >= 11 is 1.88. The Kier molecular flexibility index (Phi) is 13.7. The molecule has 8 rings (SSSR count). The van der Waals surface area contributed by atoms with E-state index in [1.54, 1.807) is 0 Å². The maximum absolute atomic E-state index is 4.83. The van der Waals surface area contributed by atoms with E-state index in [4.69, 9.17) is 4.98 Å². The number of pyridine rings is 2. The number of fused-ring (bicyclic) bond motifs is 3. The molecule has 309 valence electrons. The van der Waals surface area contributed by atoms with E-state index in [2.05, 4.69) is 171 Å². The van der Waals surface area contributed by atoms with Crippen LogP contribution in [-0.4, -0.2) is 18.0 Å². The van der Waals surface area contributed by atoms with Crippen molar-refractivity contribution in [3.63, 3.8) is 0 Å². The van der Waals surface area contributed by atoms with Crippen LogP contribution in [0.25, 0.3) is 53.8 Å². The van der Waals surface area contributed by atoms with Gasteiger partial charge >= 0.3 is 0 Å². The van der Waals surface area contributed by atoms with E-state index in [-0.39, 0.29) is 30.9 Å². The number of hydrogen-bond acceptors (Lipinski definition) is 3. The minimum absolute atomic E-state index is 0. The van der Waals surface area contributed by atoms with E-state index in [0.717, 1.165) is 22.5 Å². The zero-order chi connectivity index (χ0) is 41.4. The molecule has 0 bridgehead atoms. The van der Waals surface area contributed by atoms with Gasteiger partial charge in [-0.2, -0.15) is 11.3 Å². The molecule has 59 heavy (non-hydrogen) atoms. The van der Waals surface area contributed by atoms with Crippen LogP contribution in [0.3, 0.4) is 0 Å². The predicted octanol–water partition coefficient (Wildman–Crippen LogP) is 15.4. The number of thiophene rings is 1. The number of aromatic nitrogens is 2. The quantitative estimate of drug-likeness (QED) is 0.123. The topological polar surface area (TPSA) is 25.8 Å². The molecule has 0 N–H and O–H groups in total. The van der Waals surface area contributed by atoms with Crippen LogP contribution in [0, 0.1) is 12.1 Å². The van der Waals surface area contributed by atoms with E-state index in [1.807, 2.05) is 35.7 Å². The summed E-state index contributed by atoms with van der Waals surface area (Å²) in [6.45, 7) is 25.5. The van der Waals surface area contributed by atoms with Gasteiger partial charge in [0, 0.05) is 37.2 Å². The predicted molar refractivity (Wildman–Crippen MR) is 256 cm³/mol. The maximum atomic E-state index is 4.83. The molecule has 1 fully saturated rings. The van der Waals surface area contributed by atoms with E-state index in [1.165, 1.54) is 90.8 Å². The summed E-state index contributed by atoms with van der Waals surface area (Å²) in [5, 5.41) is 4.10. The van der Waals surface area contributed by atoms with Crippen LogP contribution in [0.2, 0.25) is 19.6 Å². The zero-order valence-electron chi connectivity index (χ0n) is 37.1. The van der Waals surface area contributed by atoms with Gasteiger partial charge in [0.2, 0.25) is 0 Å². The largest absolute Gasteiger partial charge is 0.305 e. The Balaban J connectivity index is 0.000000247. The average molecular weight is 991 g/mol. The van der Waals surface area contributed by atoms with Crippen molar-refractivity contribution < 1.29 is 20.1 Å². The summed E-state index contributed by atoms with van der Waals surface area (Å²) in [6, 6.07) is 40.2. The Labute approximate surface area is 373 Å². The van der Waals surface area contributed by atoms with Gasteiger partial charge in [0.1, 0.15) is 0 Å². The number of hydrogen-bond donors (Lipinski definition) is 0. The van der Waals surface area contributed by atoms with Gasteiger partial charge in [-0.15, -0.1) is 59.7 Å². The molecule has 0 atom stereocenters. The fraction of sp³-hybridized carbons (Fsp3) is 0.370. The SMILES string of the molecule is CC(C)(C)c1cc(-c2ccc3c(c2)sc2c(-c4cc(C5CCCCC5)ccn4)[c-]ccc23)cc(C(C)(C)C)c1.CC(C)c1cc(-c2[c-]cccc2)ncc1[Si](C)(C)C.[Ir]. The summed E-state index contributed by atoms with van der Waals surface area (Å²) < 4.78 is 2.61. The smallest absolute Gasteiger partial charge is 0.0799 e. The zero-order valence-corrected chi connectivity index (χ0v) is 41.4. The Morgan fingerprint density at radius 3 is 2.03 bits per heavy atom. The summed E-state index contributed by atoms with van der Waals surface area (Å²) in [4.78, 5) is 9.49. The second-order valence-corrected chi connectivity index (χ2v) is 25.9. The van der Waals surface area contributed by atoms with Gasteiger partial charge in [0.15, 0.2) is 0 Å². The number of rotatable bonds is 6. The molecular formula is C54H62IrN2SSi-2. The van der Waals surface area contributed by atoms with Crippen LogP contribution >= 0.6 is 11.3 Å². The van der Waals surface area contributed by atoms with Crippen LogP contribution < -0.4 is 5.19 Å². The molecule has 0 unspecified atom stereocenters. The molecule has 5 heteroatoms. The minimum atomic E-state index is -1.34. The third kappa shape index (κ3) is 10.2. The Bertz CT molecular complexity index is 2490. The molecule has 0 saturated heterocycles. The summed E-state index contributed by atoms with van der Waals surface area (Å²) in [5.41, 5.74) is 12.8. The van der Waals surface area contributed by atoms with Gasteiger partial charge in [-0.3, -0.25) is 0 Å². The monoisotopic (exact) mass is 991 g/mol. The van der Waals surface area contributed by atoms with Crippen molar-refractivity contribution in [3.05, 3.63) is 138 Å². The molecule has 7 aromatic rings. The van der Waals surface area contributed by atoms with Crippen LogP contribution in [-0.2, 0) is 30.9 Å². The molecule has 1 radical (unpaired) electrons. The van der Waals surface area contributed by atoms with Gasteiger partial charge in [-0.05, 0) is 96.6 Å². The molecule has 1 saturated carbocycles. The fourth-order valence-electron chi connectivity index (χ4n) is 8.32. The fourth-order valence-corrected chi connectivity index (χ4v) is 11.2. The number of benzene rings is 4. The van der Waals surface area contributed by atoms with Gasteiger partial charge < -0.3 is 9.97 Å². The first-order chi connectivity index (χ1) is 27.5. The molecule has 2 nitrogen and oxygen atoms in total. The molecule has 1 aliphatic carbocycles. The van der Waals surface area contributed by atoms with Crippen LogP contribution in [0.15, 0.2) is 103 Å². The first-order valence-electron chi connectivity index (χ1n) is 21.4. The normalized spacial score (nSPS) is 14.0. The van der Waals surface area contributed by atoms with Gasteiger partial charge in [0.25, 0.3) is 0 Å². The molecule has 0 spiro atoms. The molecule has 4 aromatic carbocycles. The summed E-state index contributed by atoms with van der Waals surface area (Å²) in [7, 11) is -1.34. The van der Waals surface area contributed by atoms with Gasteiger partial charge in [-0.25, -0.2) is 0 Å². The van der Waals surface area contributed by atoms with Crippen LogP contribution in [0.4, 0.5) is 0 Å².